The molecule has 150 valence electrons. The predicted octanol–water partition coefficient (Wildman–Crippen LogP) is 3.46. The molecule has 0 spiro atoms. The zero-order chi connectivity index (χ0) is 20.6. The number of aliphatic hydroxyl groups is 1. The fourth-order valence-corrected chi connectivity index (χ4v) is 3.07. The number of aliphatic hydroxyl groups excluding tert-OH is 1. The first-order valence-electron chi connectivity index (χ1n) is 9.43. The number of hydrogen-bond acceptors (Lipinski definition) is 5. The highest BCUT2D eigenvalue weighted by Crippen LogP contribution is 2.28. The van der Waals surface area contributed by atoms with Gasteiger partial charge in [0.25, 0.3) is 5.91 Å². The van der Waals surface area contributed by atoms with E-state index in [1.54, 1.807) is 31.5 Å². The predicted molar refractivity (Wildman–Crippen MR) is 114 cm³/mol. The maximum atomic E-state index is 12.2. The summed E-state index contributed by atoms with van der Waals surface area (Å²) in [6.07, 6.45) is 2.57. The molecule has 3 aromatic rings. The van der Waals surface area contributed by atoms with E-state index in [1.165, 1.54) is 11.1 Å². The van der Waals surface area contributed by atoms with Gasteiger partial charge in [0.2, 0.25) is 0 Å². The van der Waals surface area contributed by atoms with Crippen molar-refractivity contribution in [2.45, 2.75) is 13.3 Å². The second-order valence-corrected chi connectivity index (χ2v) is 6.73. The second kappa shape index (κ2) is 9.71. The van der Waals surface area contributed by atoms with Gasteiger partial charge in [0.15, 0.2) is 0 Å². The third-order valence-electron chi connectivity index (χ3n) is 4.44. The van der Waals surface area contributed by atoms with Gasteiger partial charge in [-0.05, 0) is 54.8 Å². The van der Waals surface area contributed by atoms with E-state index in [0.29, 0.717) is 22.8 Å². The molecule has 29 heavy (non-hydrogen) atoms. The van der Waals surface area contributed by atoms with Crippen LogP contribution in [0.15, 0.2) is 60.8 Å². The number of aromatic nitrogens is 1. The molecule has 0 radical (unpaired) electrons. The Balaban J connectivity index is 1.80. The summed E-state index contributed by atoms with van der Waals surface area (Å²) in [5, 5.41) is 14.8. The number of ether oxygens (including phenoxy) is 1. The first kappa shape index (κ1) is 20.4. The summed E-state index contributed by atoms with van der Waals surface area (Å²) >= 11 is 0. The molecule has 0 saturated carbocycles. The Morgan fingerprint density at radius 3 is 2.69 bits per heavy atom. The first-order valence-corrected chi connectivity index (χ1v) is 9.43. The molecular formula is C23H25N3O3. The third-order valence-corrected chi connectivity index (χ3v) is 4.44. The Kier molecular flexibility index (Phi) is 6.81. The number of nitrogens with one attached hydrogen (secondary N) is 2. The second-order valence-electron chi connectivity index (χ2n) is 6.73. The van der Waals surface area contributed by atoms with Crippen molar-refractivity contribution in [1.82, 2.24) is 10.3 Å². The highest BCUT2D eigenvalue weighted by Gasteiger charge is 2.11. The summed E-state index contributed by atoms with van der Waals surface area (Å²) in [7, 11) is 1.58. The minimum Gasteiger partial charge on any atom is -0.495 e. The van der Waals surface area contributed by atoms with Crippen molar-refractivity contribution in [2.75, 3.05) is 25.6 Å². The summed E-state index contributed by atoms with van der Waals surface area (Å²) in [5.41, 5.74) is 4.71. The fourth-order valence-electron chi connectivity index (χ4n) is 3.07. The van der Waals surface area contributed by atoms with Crippen LogP contribution in [0.1, 0.15) is 27.0 Å². The monoisotopic (exact) mass is 391 g/mol. The highest BCUT2D eigenvalue weighted by atomic mass is 16.5. The molecule has 3 N–H and O–H groups in total. The Labute approximate surface area is 170 Å². The van der Waals surface area contributed by atoms with Gasteiger partial charge in [0.05, 0.1) is 19.4 Å². The van der Waals surface area contributed by atoms with E-state index < -0.39 is 0 Å². The number of benzene rings is 2. The molecule has 6 heteroatoms. The van der Waals surface area contributed by atoms with Crippen LogP contribution in [0.2, 0.25) is 0 Å². The van der Waals surface area contributed by atoms with Crippen LogP contribution in [0.3, 0.4) is 0 Å². The molecule has 1 amide bonds. The van der Waals surface area contributed by atoms with Crippen molar-refractivity contribution in [2.24, 2.45) is 0 Å². The topological polar surface area (TPSA) is 83.5 Å². The van der Waals surface area contributed by atoms with Crippen LogP contribution in [0.4, 0.5) is 11.5 Å². The number of nitrogens with zero attached hydrogens (tertiary/aromatic N) is 1. The van der Waals surface area contributed by atoms with E-state index in [4.69, 9.17) is 9.84 Å². The molecule has 0 saturated heterocycles. The summed E-state index contributed by atoms with van der Waals surface area (Å²) in [6, 6.07) is 17.5. The van der Waals surface area contributed by atoms with Crippen LogP contribution in [-0.4, -0.2) is 36.3 Å². The van der Waals surface area contributed by atoms with Gasteiger partial charge in [-0.1, -0.05) is 29.8 Å². The highest BCUT2D eigenvalue weighted by molar-refractivity contribution is 5.95. The molecular weight excluding hydrogens is 366 g/mol. The molecule has 1 heterocycles. The number of pyridine rings is 1. The number of rotatable bonds is 8. The standard InChI is InChI=1S/C23H25N3O3/c1-16-4-3-5-17(12-16)13-18-8-9-24-22(14-18)26-20-15-19(6-7-21(20)29-2)23(28)25-10-11-27/h3-9,12,14-15,27H,10-11,13H2,1-2H3,(H,24,26)(H,25,28). The lowest BCUT2D eigenvalue weighted by molar-refractivity contribution is 0.0945. The largest absolute Gasteiger partial charge is 0.495 e. The molecule has 1 aromatic heterocycles. The zero-order valence-corrected chi connectivity index (χ0v) is 16.6. The van der Waals surface area contributed by atoms with Crippen molar-refractivity contribution in [1.29, 1.82) is 0 Å². The third kappa shape index (κ3) is 5.56. The number of carbonyl (C=O) groups is 1. The average Bonchev–Trinajstić information content (AvgIpc) is 2.72. The van der Waals surface area contributed by atoms with Crippen LogP contribution >= 0.6 is 0 Å². The number of aryl methyl sites for hydroxylation is 1. The molecule has 6 nitrogen and oxygen atoms in total. The fraction of sp³-hybridized carbons (Fsp3) is 0.217. The van der Waals surface area contributed by atoms with E-state index in [2.05, 4.69) is 46.8 Å². The maximum Gasteiger partial charge on any atom is 0.251 e. The Hall–Kier alpha value is -3.38. The molecule has 0 unspecified atom stereocenters. The smallest absolute Gasteiger partial charge is 0.251 e. The SMILES string of the molecule is COc1ccc(C(=O)NCCO)cc1Nc1cc(Cc2cccc(C)c2)ccn1. The minimum atomic E-state index is -0.258. The van der Waals surface area contributed by atoms with E-state index in [9.17, 15) is 4.79 Å². The quantitative estimate of drug-likeness (QED) is 0.548. The lowest BCUT2D eigenvalue weighted by Gasteiger charge is -2.13. The van der Waals surface area contributed by atoms with E-state index in [-0.39, 0.29) is 19.1 Å². The van der Waals surface area contributed by atoms with Gasteiger partial charge in [0, 0.05) is 18.3 Å². The van der Waals surface area contributed by atoms with Gasteiger partial charge >= 0.3 is 0 Å². The van der Waals surface area contributed by atoms with Crippen molar-refractivity contribution >= 4 is 17.4 Å². The van der Waals surface area contributed by atoms with Crippen molar-refractivity contribution in [3.8, 4) is 5.75 Å². The van der Waals surface area contributed by atoms with Gasteiger partial charge in [-0.15, -0.1) is 0 Å². The van der Waals surface area contributed by atoms with Crippen LogP contribution in [0.25, 0.3) is 0 Å². The van der Waals surface area contributed by atoms with Gasteiger partial charge in [-0.25, -0.2) is 4.98 Å². The van der Waals surface area contributed by atoms with E-state index in [1.807, 2.05) is 12.1 Å². The summed E-state index contributed by atoms with van der Waals surface area (Å²) in [4.78, 5) is 16.6. The molecule has 3 rings (SSSR count). The van der Waals surface area contributed by atoms with Crippen molar-refractivity contribution in [3.05, 3.63) is 83.0 Å². The number of amides is 1. The minimum absolute atomic E-state index is 0.106. The van der Waals surface area contributed by atoms with Gasteiger partial charge in [-0.2, -0.15) is 0 Å². The number of hydrogen-bond donors (Lipinski definition) is 3. The van der Waals surface area contributed by atoms with Gasteiger partial charge in [-0.3, -0.25) is 4.79 Å². The van der Waals surface area contributed by atoms with Crippen molar-refractivity contribution in [3.63, 3.8) is 0 Å². The Morgan fingerprint density at radius 1 is 1.10 bits per heavy atom. The summed E-state index contributed by atoms with van der Waals surface area (Å²) in [5.74, 6) is 1.02. The molecule has 0 aliphatic rings. The average molecular weight is 391 g/mol. The Morgan fingerprint density at radius 2 is 1.93 bits per heavy atom. The van der Waals surface area contributed by atoms with Gasteiger partial charge in [0.1, 0.15) is 11.6 Å². The molecule has 0 aliphatic heterocycles. The van der Waals surface area contributed by atoms with E-state index >= 15 is 0 Å². The number of anilines is 2. The molecule has 0 bridgehead atoms. The molecule has 0 aliphatic carbocycles. The summed E-state index contributed by atoms with van der Waals surface area (Å²) in [6.45, 7) is 2.18. The van der Waals surface area contributed by atoms with E-state index in [0.717, 1.165) is 12.0 Å². The number of methoxy groups -OCH3 is 1. The zero-order valence-electron chi connectivity index (χ0n) is 16.6. The number of carbonyl (C=O) groups excluding carboxylic acids is 1. The maximum absolute atomic E-state index is 12.2. The molecule has 0 fully saturated rings. The normalized spacial score (nSPS) is 10.4. The summed E-state index contributed by atoms with van der Waals surface area (Å²) < 4.78 is 5.41. The van der Waals surface area contributed by atoms with Crippen molar-refractivity contribution < 1.29 is 14.6 Å². The molecule has 0 atom stereocenters. The van der Waals surface area contributed by atoms with Crippen LogP contribution in [0.5, 0.6) is 5.75 Å². The van der Waals surface area contributed by atoms with Gasteiger partial charge < -0.3 is 20.5 Å². The lowest BCUT2D eigenvalue weighted by Crippen LogP contribution is -2.26. The Bertz CT molecular complexity index is 989. The van der Waals surface area contributed by atoms with Crippen LogP contribution in [0, 0.1) is 6.92 Å². The molecule has 2 aromatic carbocycles. The van der Waals surface area contributed by atoms with Crippen LogP contribution < -0.4 is 15.4 Å². The lowest BCUT2D eigenvalue weighted by atomic mass is 10.0. The first-order chi connectivity index (χ1) is 14.1. The van der Waals surface area contributed by atoms with Crippen LogP contribution in [-0.2, 0) is 6.42 Å².